The summed E-state index contributed by atoms with van der Waals surface area (Å²) in [6.07, 6.45) is 5.24. The fourth-order valence-corrected chi connectivity index (χ4v) is 2.06. The normalized spacial score (nSPS) is 15.1. The maximum atomic E-state index is 5.94. The van der Waals surface area contributed by atoms with Crippen LogP contribution in [0.15, 0.2) is 12.3 Å². The Morgan fingerprint density at radius 3 is 2.62 bits per heavy atom. The topological polar surface area (TPSA) is 39.1 Å². The molecule has 0 aliphatic carbocycles. The summed E-state index contributed by atoms with van der Waals surface area (Å²) in [4.78, 5) is 0. The smallest absolute Gasteiger partial charge is 0.0641 e. The van der Waals surface area contributed by atoms with E-state index in [-0.39, 0.29) is 5.60 Å². The molecule has 0 amide bonds. The quantitative estimate of drug-likeness (QED) is 0.757. The highest BCUT2D eigenvalue weighted by Gasteiger charge is 2.17. The summed E-state index contributed by atoms with van der Waals surface area (Å²) in [6, 6.07) is 2.92. The third-order valence-corrected chi connectivity index (χ3v) is 3.56. The van der Waals surface area contributed by atoms with Gasteiger partial charge in [-0.3, -0.25) is 4.68 Å². The highest BCUT2D eigenvalue weighted by atomic mass is 16.5. The van der Waals surface area contributed by atoms with Crippen molar-refractivity contribution in [2.24, 2.45) is 0 Å². The number of nitrogens with zero attached hydrogens (tertiary/aromatic N) is 2. The van der Waals surface area contributed by atoms with Gasteiger partial charge in [0.2, 0.25) is 0 Å². The van der Waals surface area contributed by atoms with Crippen LogP contribution in [-0.2, 0) is 11.2 Å². The minimum atomic E-state index is -0.0950. The highest BCUT2D eigenvalue weighted by molar-refractivity contribution is 5.02. The van der Waals surface area contributed by atoms with Gasteiger partial charge in [0, 0.05) is 24.7 Å². The van der Waals surface area contributed by atoms with Crippen LogP contribution in [-0.4, -0.2) is 34.6 Å². The van der Waals surface area contributed by atoms with E-state index in [9.17, 15) is 0 Å². The Labute approximate surface area is 130 Å². The minimum absolute atomic E-state index is 0.0950. The summed E-state index contributed by atoms with van der Waals surface area (Å²) in [7, 11) is 0. The number of ether oxygens (including phenoxy) is 1. The third-order valence-electron chi connectivity index (χ3n) is 3.56. The second-order valence-corrected chi connectivity index (χ2v) is 6.82. The SMILES string of the molecule is CCCNC(COC(C)(C)C)Cc1ccn(C(C)CC)n1. The van der Waals surface area contributed by atoms with Crippen LogP contribution in [0.1, 0.15) is 66.1 Å². The maximum Gasteiger partial charge on any atom is 0.0641 e. The lowest BCUT2D eigenvalue weighted by Gasteiger charge is -2.25. The molecule has 4 nitrogen and oxygen atoms in total. The van der Waals surface area contributed by atoms with E-state index in [4.69, 9.17) is 9.84 Å². The van der Waals surface area contributed by atoms with E-state index in [1.54, 1.807) is 0 Å². The molecule has 0 aliphatic heterocycles. The van der Waals surface area contributed by atoms with Crippen molar-refractivity contribution >= 4 is 0 Å². The van der Waals surface area contributed by atoms with Gasteiger partial charge >= 0.3 is 0 Å². The molecule has 1 aromatic rings. The number of nitrogens with one attached hydrogen (secondary N) is 1. The molecule has 1 N–H and O–H groups in total. The molecule has 0 aromatic carbocycles. The van der Waals surface area contributed by atoms with Gasteiger partial charge in [-0.25, -0.2) is 0 Å². The molecule has 0 spiro atoms. The Hall–Kier alpha value is -0.870. The lowest BCUT2D eigenvalue weighted by atomic mass is 10.1. The molecule has 21 heavy (non-hydrogen) atoms. The molecule has 122 valence electrons. The molecule has 1 aromatic heterocycles. The van der Waals surface area contributed by atoms with E-state index < -0.39 is 0 Å². The average Bonchev–Trinajstić information content (AvgIpc) is 2.88. The zero-order chi connectivity index (χ0) is 15.9. The molecule has 0 aliphatic rings. The summed E-state index contributed by atoms with van der Waals surface area (Å²) in [6.45, 7) is 14.6. The lowest BCUT2D eigenvalue weighted by molar-refractivity contribution is -0.0144. The van der Waals surface area contributed by atoms with Crippen LogP contribution in [0.5, 0.6) is 0 Å². The van der Waals surface area contributed by atoms with E-state index in [0.29, 0.717) is 12.1 Å². The van der Waals surface area contributed by atoms with Gasteiger partial charge in [0.15, 0.2) is 0 Å². The number of rotatable bonds is 9. The summed E-state index contributed by atoms with van der Waals surface area (Å²) in [5.74, 6) is 0. The standard InChI is InChI=1S/C17H33N3O/c1-7-10-18-16(13-21-17(4,5)6)12-15-9-11-20(19-15)14(3)8-2/h9,11,14,16,18H,7-8,10,12-13H2,1-6H3. The molecular weight excluding hydrogens is 262 g/mol. The lowest BCUT2D eigenvalue weighted by Crippen LogP contribution is -2.38. The van der Waals surface area contributed by atoms with Gasteiger partial charge in [-0.15, -0.1) is 0 Å². The zero-order valence-corrected chi connectivity index (χ0v) is 14.6. The van der Waals surface area contributed by atoms with Crippen LogP contribution in [0.25, 0.3) is 0 Å². The molecule has 4 heteroatoms. The predicted molar refractivity (Wildman–Crippen MR) is 88.7 cm³/mol. The Bertz CT molecular complexity index is 395. The monoisotopic (exact) mass is 295 g/mol. The second kappa shape index (κ2) is 8.54. The van der Waals surface area contributed by atoms with Gasteiger partial charge in [-0.05, 0) is 53.1 Å². The largest absolute Gasteiger partial charge is 0.374 e. The summed E-state index contributed by atoms with van der Waals surface area (Å²) >= 11 is 0. The van der Waals surface area contributed by atoms with E-state index in [2.05, 4.69) is 63.8 Å². The Morgan fingerprint density at radius 1 is 1.33 bits per heavy atom. The molecule has 0 saturated carbocycles. The second-order valence-electron chi connectivity index (χ2n) is 6.82. The van der Waals surface area contributed by atoms with Gasteiger partial charge in [0.05, 0.1) is 17.9 Å². The van der Waals surface area contributed by atoms with Crippen molar-refractivity contribution < 1.29 is 4.74 Å². The Kier molecular flexibility index (Phi) is 7.40. The van der Waals surface area contributed by atoms with E-state index in [1.807, 2.05) is 0 Å². The number of aromatic nitrogens is 2. The Balaban J connectivity index is 2.60. The van der Waals surface area contributed by atoms with Crippen molar-refractivity contribution in [3.63, 3.8) is 0 Å². The van der Waals surface area contributed by atoms with Crippen molar-refractivity contribution in [2.45, 2.75) is 78.5 Å². The molecule has 1 rings (SSSR count). The van der Waals surface area contributed by atoms with Crippen molar-refractivity contribution in [1.82, 2.24) is 15.1 Å². The molecule has 2 atom stereocenters. The first-order valence-electron chi connectivity index (χ1n) is 8.27. The molecule has 0 saturated heterocycles. The predicted octanol–water partition coefficient (Wildman–Crippen LogP) is 3.58. The van der Waals surface area contributed by atoms with Crippen molar-refractivity contribution in [3.05, 3.63) is 18.0 Å². The van der Waals surface area contributed by atoms with Crippen LogP contribution in [0.3, 0.4) is 0 Å². The first-order chi connectivity index (χ1) is 9.85. The maximum absolute atomic E-state index is 5.94. The van der Waals surface area contributed by atoms with Gasteiger partial charge in [0.1, 0.15) is 0 Å². The molecular formula is C17H33N3O. The summed E-state index contributed by atoms with van der Waals surface area (Å²) in [5.41, 5.74) is 1.05. The van der Waals surface area contributed by atoms with Crippen LogP contribution in [0.4, 0.5) is 0 Å². The molecule has 0 radical (unpaired) electrons. The zero-order valence-electron chi connectivity index (χ0n) is 14.6. The van der Waals surface area contributed by atoms with Gasteiger partial charge in [-0.2, -0.15) is 5.10 Å². The van der Waals surface area contributed by atoms with Crippen LogP contribution >= 0.6 is 0 Å². The fourth-order valence-electron chi connectivity index (χ4n) is 2.06. The van der Waals surface area contributed by atoms with E-state index in [1.165, 1.54) is 0 Å². The Morgan fingerprint density at radius 2 is 2.05 bits per heavy atom. The van der Waals surface area contributed by atoms with Gasteiger partial charge in [0.25, 0.3) is 0 Å². The van der Waals surface area contributed by atoms with Crippen LogP contribution in [0.2, 0.25) is 0 Å². The van der Waals surface area contributed by atoms with Crippen molar-refractivity contribution in [1.29, 1.82) is 0 Å². The molecule has 1 heterocycles. The molecule has 0 bridgehead atoms. The molecule has 0 fully saturated rings. The summed E-state index contributed by atoms with van der Waals surface area (Å²) in [5, 5.41) is 8.26. The third kappa shape index (κ3) is 7.09. The first kappa shape index (κ1) is 18.2. The minimum Gasteiger partial charge on any atom is -0.374 e. The van der Waals surface area contributed by atoms with E-state index in [0.717, 1.165) is 38.1 Å². The van der Waals surface area contributed by atoms with Crippen LogP contribution in [0, 0.1) is 0 Å². The van der Waals surface area contributed by atoms with Crippen molar-refractivity contribution in [2.75, 3.05) is 13.2 Å². The summed E-state index contributed by atoms with van der Waals surface area (Å²) < 4.78 is 8.01. The fraction of sp³-hybridized carbons (Fsp3) is 0.824. The number of hydrogen-bond acceptors (Lipinski definition) is 3. The average molecular weight is 295 g/mol. The van der Waals surface area contributed by atoms with Gasteiger partial charge in [-0.1, -0.05) is 13.8 Å². The molecule has 2 unspecified atom stereocenters. The van der Waals surface area contributed by atoms with Crippen molar-refractivity contribution in [3.8, 4) is 0 Å². The first-order valence-corrected chi connectivity index (χ1v) is 8.27. The number of hydrogen-bond donors (Lipinski definition) is 1. The van der Waals surface area contributed by atoms with E-state index >= 15 is 0 Å². The van der Waals surface area contributed by atoms with Gasteiger partial charge < -0.3 is 10.1 Å². The van der Waals surface area contributed by atoms with Crippen LogP contribution < -0.4 is 5.32 Å². The highest BCUT2D eigenvalue weighted by Crippen LogP contribution is 2.12.